The number of carbonyl (C=O) groups is 4. The summed E-state index contributed by atoms with van der Waals surface area (Å²) in [6.45, 7) is 13.7. The second kappa shape index (κ2) is 12.8. The molecule has 0 aromatic heterocycles. The smallest absolute Gasteiger partial charge is 0.262 e. The van der Waals surface area contributed by atoms with E-state index in [0.29, 0.717) is 17.2 Å². The molecule has 1 aromatic rings. The van der Waals surface area contributed by atoms with Crippen molar-refractivity contribution in [1.82, 2.24) is 30.2 Å². The van der Waals surface area contributed by atoms with Crippen molar-refractivity contribution in [3.63, 3.8) is 0 Å². The molecule has 0 aliphatic carbocycles. The number of hydrogen-bond acceptors (Lipinski definition) is 9. The van der Waals surface area contributed by atoms with Crippen LogP contribution in [0.5, 0.6) is 0 Å². The van der Waals surface area contributed by atoms with Gasteiger partial charge in [0.05, 0.1) is 11.1 Å². The molecule has 11 nitrogen and oxygen atoms in total. The lowest BCUT2D eigenvalue weighted by Crippen LogP contribution is -2.54. The Hall–Kier alpha value is -2.86. The highest BCUT2D eigenvalue weighted by atomic mass is 16.2. The Morgan fingerprint density at radius 1 is 0.925 bits per heavy atom. The summed E-state index contributed by atoms with van der Waals surface area (Å²) in [6, 6.07) is 5.07. The van der Waals surface area contributed by atoms with Crippen LogP contribution in [0.4, 0.5) is 5.69 Å². The first-order valence-corrected chi connectivity index (χ1v) is 14.8. The highest BCUT2D eigenvalue weighted by Gasteiger charge is 2.44. The number of hydrogen-bond donors (Lipinski definition) is 2. The monoisotopic (exact) mass is 553 g/mol. The van der Waals surface area contributed by atoms with Crippen LogP contribution in [-0.2, 0) is 9.59 Å². The summed E-state index contributed by atoms with van der Waals surface area (Å²) in [5.74, 6) is -1.88. The van der Waals surface area contributed by atoms with E-state index in [2.05, 4.69) is 44.2 Å². The normalized spacial score (nSPS) is 24.7. The van der Waals surface area contributed by atoms with E-state index in [1.54, 1.807) is 12.1 Å². The van der Waals surface area contributed by atoms with Gasteiger partial charge in [-0.1, -0.05) is 0 Å². The molecule has 5 rings (SSSR count). The molecule has 1 unspecified atom stereocenters. The number of anilines is 1. The molecule has 1 aromatic carbocycles. The molecule has 0 bridgehead atoms. The molecule has 2 N–H and O–H groups in total. The van der Waals surface area contributed by atoms with Gasteiger partial charge >= 0.3 is 0 Å². The minimum atomic E-state index is -0.938. The number of piperidine rings is 1. The molecule has 2 atom stereocenters. The van der Waals surface area contributed by atoms with E-state index < -0.39 is 23.8 Å². The van der Waals surface area contributed by atoms with Crippen LogP contribution in [0.25, 0.3) is 0 Å². The molecule has 11 heteroatoms. The predicted octanol–water partition coefficient (Wildman–Crippen LogP) is 0.216. The van der Waals surface area contributed by atoms with Gasteiger partial charge in [0.15, 0.2) is 0 Å². The third kappa shape index (κ3) is 6.38. The number of nitrogens with one attached hydrogen (secondary N) is 2. The van der Waals surface area contributed by atoms with Gasteiger partial charge in [-0.3, -0.25) is 39.2 Å². The Labute approximate surface area is 236 Å². The van der Waals surface area contributed by atoms with Crippen molar-refractivity contribution in [1.29, 1.82) is 0 Å². The number of rotatable bonds is 10. The van der Waals surface area contributed by atoms with Gasteiger partial charge in [0.1, 0.15) is 6.04 Å². The third-order valence-corrected chi connectivity index (χ3v) is 8.80. The zero-order chi connectivity index (χ0) is 28.2. The maximum absolute atomic E-state index is 13.2. The van der Waals surface area contributed by atoms with E-state index in [-0.39, 0.29) is 18.7 Å². The van der Waals surface area contributed by atoms with Crippen LogP contribution in [0, 0.1) is 0 Å². The van der Waals surface area contributed by atoms with E-state index in [9.17, 15) is 19.2 Å². The minimum Gasteiger partial charge on any atom is -0.369 e. The van der Waals surface area contributed by atoms with Crippen molar-refractivity contribution in [2.24, 2.45) is 0 Å². The van der Waals surface area contributed by atoms with Gasteiger partial charge in [0.25, 0.3) is 11.8 Å². The van der Waals surface area contributed by atoms with Crippen molar-refractivity contribution in [3.05, 3.63) is 29.3 Å². The average molecular weight is 554 g/mol. The molecule has 0 saturated carbocycles. The lowest BCUT2D eigenvalue weighted by Gasteiger charge is -2.36. The zero-order valence-corrected chi connectivity index (χ0v) is 23.9. The lowest BCUT2D eigenvalue weighted by atomic mass is 10.0. The van der Waals surface area contributed by atoms with Gasteiger partial charge in [0.2, 0.25) is 11.8 Å². The van der Waals surface area contributed by atoms with Crippen LogP contribution < -0.4 is 15.5 Å². The number of imide groups is 2. The topological polar surface area (TPSA) is 109 Å². The van der Waals surface area contributed by atoms with Gasteiger partial charge in [-0.05, 0) is 77.6 Å². The van der Waals surface area contributed by atoms with Crippen LogP contribution >= 0.6 is 0 Å². The highest BCUT2D eigenvalue weighted by molar-refractivity contribution is 6.23. The Morgan fingerprint density at radius 2 is 1.65 bits per heavy atom. The van der Waals surface area contributed by atoms with Crippen molar-refractivity contribution in [2.45, 2.75) is 44.7 Å². The largest absolute Gasteiger partial charge is 0.369 e. The standard InChI is InChI=1S/C29H43N7O4/c1-21-20-30-9-14-34(21)13-4-11-32(2)10-3-12-33-15-17-35(18-16-33)22-5-6-23-24(19-22)29(40)36(28(23)39)25-7-8-26(37)31-27(25)38/h5-6,19,21,25,30H,3-4,7-18,20H2,1-2H3,(H,31,37,38)/t21-,25?/m0/s1. The van der Waals surface area contributed by atoms with E-state index in [0.717, 1.165) is 82.5 Å². The number of fused-ring (bicyclic) bond motifs is 1. The van der Waals surface area contributed by atoms with Crippen LogP contribution in [0.15, 0.2) is 18.2 Å². The Morgan fingerprint density at radius 3 is 2.38 bits per heavy atom. The molecule has 4 heterocycles. The number of nitrogens with zero attached hydrogens (tertiary/aromatic N) is 5. The molecule has 3 saturated heterocycles. The second-order valence-electron chi connectivity index (χ2n) is 11.6. The molecule has 3 fully saturated rings. The first-order chi connectivity index (χ1) is 19.3. The Kier molecular flexibility index (Phi) is 9.14. The summed E-state index contributed by atoms with van der Waals surface area (Å²) in [4.78, 5) is 60.8. The van der Waals surface area contributed by atoms with Gasteiger partial charge in [0, 0.05) is 64.0 Å². The summed E-state index contributed by atoms with van der Waals surface area (Å²) in [5, 5.41) is 5.70. The van der Waals surface area contributed by atoms with E-state index in [1.165, 1.54) is 13.0 Å². The number of amides is 4. The van der Waals surface area contributed by atoms with Crippen molar-refractivity contribution in [2.75, 3.05) is 83.9 Å². The molecule has 218 valence electrons. The molecule has 0 radical (unpaired) electrons. The second-order valence-corrected chi connectivity index (χ2v) is 11.6. The molecule has 4 aliphatic heterocycles. The van der Waals surface area contributed by atoms with Crippen molar-refractivity contribution in [3.8, 4) is 0 Å². The van der Waals surface area contributed by atoms with Gasteiger partial charge in [-0.25, -0.2) is 0 Å². The Bertz CT molecular complexity index is 1120. The molecular formula is C29H43N7O4. The Balaban J connectivity index is 1.05. The first-order valence-electron chi connectivity index (χ1n) is 14.8. The third-order valence-electron chi connectivity index (χ3n) is 8.80. The molecule has 4 amide bonds. The van der Waals surface area contributed by atoms with Gasteiger partial charge in [-0.2, -0.15) is 0 Å². The lowest BCUT2D eigenvalue weighted by molar-refractivity contribution is -0.136. The molecule has 40 heavy (non-hydrogen) atoms. The van der Waals surface area contributed by atoms with Gasteiger partial charge in [-0.15, -0.1) is 0 Å². The van der Waals surface area contributed by atoms with Crippen LogP contribution in [0.1, 0.15) is 53.3 Å². The fraction of sp³-hybridized carbons (Fsp3) is 0.655. The number of carbonyl (C=O) groups excluding carboxylic acids is 4. The maximum atomic E-state index is 13.2. The minimum absolute atomic E-state index is 0.117. The zero-order valence-electron chi connectivity index (χ0n) is 23.9. The summed E-state index contributed by atoms with van der Waals surface area (Å²) >= 11 is 0. The fourth-order valence-corrected chi connectivity index (χ4v) is 6.32. The first kappa shape index (κ1) is 28.7. The van der Waals surface area contributed by atoms with E-state index in [1.807, 2.05) is 6.07 Å². The predicted molar refractivity (Wildman–Crippen MR) is 152 cm³/mol. The summed E-state index contributed by atoms with van der Waals surface area (Å²) in [5.41, 5.74) is 1.58. The number of benzene rings is 1. The van der Waals surface area contributed by atoms with Crippen LogP contribution in [-0.4, -0.2) is 134 Å². The quantitative estimate of drug-likeness (QED) is 0.393. The van der Waals surface area contributed by atoms with E-state index >= 15 is 0 Å². The SMILES string of the molecule is C[C@H]1CNCCN1CCCN(C)CCCN1CCN(c2ccc3c(c2)C(=O)N(C2CCC(=O)NC2=O)C3=O)CC1. The fourth-order valence-electron chi connectivity index (χ4n) is 6.32. The molecule has 4 aliphatic rings. The van der Waals surface area contributed by atoms with Gasteiger partial charge < -0.3 is 15.1 Å². The van der Waals surface area contributed by atoms with Crippen molar-refractivity contribution < 1.29 is 19.2 Å². The van der Waals surface area contributed by atoms with Crippen LogP contribution in [0.2, 0.25) is 0 Å². The van der Waals surface area contributed by atoms with E-state index in [4.69, 9.17) is 0 Å². The van der Waals surface area contributed by atoms with Crippen LogP contribution in [0.3, 0.4) is 0 Å². The average Bonchev–Trinajstić information content (AvgIpc) is 3.19. The highest BCUT2D eigenvalue weighted by Crippen LogP contribution is 2.31. The summed E-state index contributed by atoms with van der Waals surface area (Å²) < 4.78 is 0. The molecular weight excluding hydrogens is 510 g/mol. The maximum Gasteiger partial charge on any atom is 0.262 e. The molecule has 0 spiro atoms. The summed E-state index contributed by atoms with van der Waals surface area (Å²) in [7, 11) is 2.22. The van der Waals surface area contributed by atoms with Crippen molar-refractivity contribution >= 4 is 29.3 Å². The summed E-state index contributed by atoms with van der Waals surface area (Å²) in [6.07, 6.45) is 2.63. The number of piperazine rings is 2.